The van der Waals surface area contributed by atoms with Gasteiger partial charge in [-0.15, -0.1) is 0 Å². The molecule has 1 aliphatic heterocycles. The fraction of sp³-hybridized carbons (Fsp3) is 0.188. The Morgan fingerprint density at radius 1 is 1.29 bits per heavy atom. The molecule has 3 N–H and O–H groups in total. The zero-order valence-corrected chi connectivity index (χ0v) is 11.3. The molecule has 0 saturated heterocycles. The molecule has 1 amide bonds. The summed E-state index contributed by atoms with van der Waals surface area (Å²) in [6.45, 7) is 0.313. The van der Waals surface area contributed by atoms with Gasteiger partial charge in [0.25, 0.3) is 0 Å². The molecule has 0 saturated carbocycles. The molecular weight excluding hydrogens is 271 g/mol. The van der Waals surface area contributed by atoms with Crippen LogP contribution >= 0.6 is 0 Å². The van der Waals surface area contributed by atoms with Crippen LogP contribution in [0.2, 0.25) is 0 Å². The number of nitrogens with one attached hydrogen (secondary N) is 1. The molecule has 21 heavy (non-hydrogen) atoms. The normalized spacial score (nSPS) is 16.7. The number of hydrogen-bond donors (Lipinski definition) is 2. The summed E-state index contributed by atoms with van der Waals surface area (Å²) in [5.41, 5.74) is 7.19. The first-order valence-corrected chi connectivity index (χ1v) is 6.69. The van der Waals surface area contributed by atoms with Crippen molar-refractivity contribution in [1.82, 2.24) is 0 Å². The lowest BCUT2D eigenvalue weighted by molar-refractivity contribution is -0.121. The second-order valence-corrected chi connectivity index (χ2v) is 5.08. The lowest BCUT2D eigenvalue weighted by Gasteiger charge is -2.24. The van der Waals surface area contributed by atoms with Crippen LogP contribution in [-0.4, -0.2) is 12.5 Å². The highest BCUT2D eigenvalue weighted by Gasteiger charge is 2.25. The number of fused-ring (bicyclic) bond motifs is 1. The summed E-state index contributed by atoms with van der Waals surface area (Å²) in [4.78, 5) is 12.2. The number of ether oxygens (including phenoxy) is 1. The minimum Gasteiger partial charge on any atom is -0.492 e. The molecule has 2 aromatic rings. The van der Waals surface area contributed by atoms with E-state index in [2.05, 4.69) is 5.32 Å². The van der Waals surface area contributed by atoms with Gasteiger partial charge in [-0.25, -0.2) is 4.39 Å². The van der Waals surface area contributed by atoms with E-state index < -0.39 is 5.82 Å². The number of carbonyl (C=O) groups is 1. The molecule has 0 spiro atoms. The molecule has 3 rings (SSSR count). The van der Waals surface area contributed by atoms with Gasteiger partial charge in [0.15, 0.2) is 0 Å². The van der Waals surface area contributed by atoms with E-state index in [9.17, 15) is 9.18 Å². The van der Waals surface area contributed by atoms with E-state index in [0.717, 1.165) is 11.3 Å². The van der Waals surface area contributed by atoms with Crippen LogP contribution in [0.25, 0.3) is 0 Å². The molecule has 108 valence electrons. The topological polar surface area (TPSA) is 64.3 Å². The second kappa shape index (κ2) is 5.44. The molecule has 2 aromatic carbocycles. The Hall–Kier alpha value is -2.56. The fourth-order valence-corrected chi connectivity index (χ4v) is 2.43. The van der Waals surface area contributed by atoms with Crippen molar-refractivity contribution < 1.29 is 13.9 Å². The van der Waals surface area contributed by atoms with Gasteiger partial charge >= 0.3 is 0 Å². The second-order valence-electron chi connectivity index (χ2n) is 5.08. The Labute approximate surface area is 121 Å². The van der Waals surface area contributed by atoms with Gasteiger partial charge in [-0.05, 0) is 36.2 Å². The summed E-state index contributed by atoms with van der Waals surface area (Å²) in [6, 6.07) is 11.6. The van der Waals surface area contributed by atoms with Crippen LogP contribution in [0, 0.1) is 11.7 Å². The summed E-state index contributed by atoms with van der Waals surface area (Å²) in [6.07, 6.45) is 0.604. The smallest absolute Gasteiger partial charge is 0.231 e. The highest BCUT2D eigenvalue weighted by atomic mass is 19.1. The van der Waals surface area contributed by atoms with E-state index in [0.29, 0.717) is 18.7 Å². The average Bonchev–Trinajstić information content (AvgIpc) is 2.45. The molecule has 5 heteroatoms. The van der Waals surface area contributed by atoms with E-state index >= 15 is 0 Å². The van der Waals surface area contributed by atoms with Gasteiger partial charge < -0.3 is 15.8 Å². The Morgan fingerprint density at radius 3 is 2.90 bits per heavy atom. The van der Waals surface area contributed by atoms with Gasteiger partial charge in [0, 0.05) is 11.4 Å². The molecule has 1 atom stereocenters. The van der Waals surface area contributed by atoms with E-state index in [1.807, 2.05) is 24.3 Å². The van der Waals surface area contributed by atoms with Gasteiger partial charge in [0.2, 0.25) is 5.91 Å². The molecule has 0 aromatic heterocycles. The number of benzene rings is 2. The lowest BCUT2D eigenvalue weighted by Crippen LogP contribution is -2.32. The SMILES string of the molecule is Nc1cc(F)cc(NC(=O)C2COc3ccccc3C2)c1. The maximum atomic E-state index is 13.3. The van der Waals surface area contributed by atoms with Crippen molar-refractivity contribution in [2.45, 2.75) is 6.42 Å². The molecule has 0 aliphatic carbocycles. The standard InChI is InChI=1S/C16H15FN2O2/c17-12-6-13(18)8-14(7-12)19-16(20)11-5-10-3-1-2-4-15(10)21-9-11/h1-4,6-8,11H,5,9,18H2,(H,19,20). The molecule has 1 aliphatic rings. The van der Waals surface area contributed by atoms with E-state index in [-0.39, 0.29) is 17.5 Å². The number of amides is 1. The van der Waals surface area contributed by atoms with E-state index in [1.165, 1.54) is 18.2 Å². The summed E-state index contributed by atoms with van der Waals surface area (Å²) in [5, 5.41) is 2.69. The van der Waals surface area contributed by atoms with E-state index in [4.69, 9.17) is 10.5 Å². The van der Waals surface area contributed by atoms with Crippen molar-refractivity contribution in [3.63, 3.8) is 0 Å². The first kappa shape index (κ1) is 13.4. The van der Waals surface area contributed by atoms with Gasteiger partial charge in [0.05, 0.1) is 5.92 Å². The van der Waals surface area contributed by atoms with Gasteiger partial charge in [0.1, 0.15) is 18.2 Å². The third kappa shape index (κ3) is 2.97. The molecule has 0 fully saturated rings. The van der Waals surface area contributed by atoms with Crippen molar-refractivity contribution in [1.29, 1.82) is 0 Å². The molecule has 0 bridgehead atoms. The Balaban J connectivity index is 1.72. The van der Waals surface area contributed by atoms with E-state index in [1.54, 1.807) is 0 Å². The number of halogens is 1. The van der Waals surface area contributed by atoms with Gasteiger partial charge in [-0.3, -0.25) is 4.79 Å². The van der Waals surface area contributed by atoms with Crippen LogP contribution < -0.4 is 15.8 Å². The summed E-state index contributed by atoms with van der Waals surface area (Å²) in [7, 11) is 0. The molecule has 0 radical (unpaired) electrons. The number of para-hydroxylation sites is 1. The predicted molar refractivity (Wildman–Crippen MR) is 78.6 cm³/mol. The van der Waals surface area contributed by atoms with Crippen LogP contribution in [-0.2, 0) is 11.2 Å². The van der Waals surface area contributed by atoms with Crippen molar-refractivity contribution in [3.8, 4) is 5.75 Å². The van der Waals surface area contributed by atoms with Crippen molar-refractivity contribution >= 4 is 17.3 Å². The molecule has 1 unspecified atom stereocenters. The fourth-order valence-electron chi connectivity index (χ4n) is 2.43. The zero-order chi connectivity index (χ0) is 14.8. The zero-order valence-electron chi connectivity index (χ0n) is 11.3. The quantitative estimate of drug-likeness (QED) is 0.834. The first-order chi connectivity index (χ1) is 10.1. The van der Waals surface area contributed by atoms with Crippen molar-refractivity contribution in [2.75, 3.05) is 17.7 Å². The summed E-state index contributed by atoms with van der Waals surface area (Å²) in [5.74, 6) is -0.161. The summed E-state index contributed by atoms with van der Waals surface area (Å²) >= 11 is 0. The number of anilines is 2. The number of rotatable bonds is 2. The Kier molecular flexibility index (Phi) is 3.48. The summed E-state index contributed by atoms with van der Waals surface area (Å²) < 4.78 is 18.8. The van der Waals surface area contributed by atoms with Crippen molar-refractivity contribution in [3.05, 3.63) is 53.8 Å². The number of nitrogens with two attached hydrogens (primary N) is 1. The predicted octanol–water partition coefficient (Wildman–Crippen LogP) is 2.60. The van der Waals surface area contributed by atoms with Crippen LogP contribution in [0.4, 0.5) is 15.8 Å². The minimum absolute atomic E-state index is 0.200. The van der Waals surface area contributed by atoms with Crippen LogP contribution in [0.3, 0.4) is 0 Å². The number of nitrogen functional groups attached to an aromatic ring is 1. The maximum Gasteiger partial charge on any atom is 0.231 e. The third-order valence-electron chi connectivity index (χ3n) is 3.44. The lowest BCUT2D eigenvalue weighted by atomic mass is 9.96. The Bertz CT molecular complexity index is 667. The molecule has 1 heterocycles. The largest absolute Gasteiger partial charge is 0.492 e. The number of hydrogen-bond acceptors (Lipinski definition) is 3. The van der Waals surface area contributed by atoms with Gasteiger partial charge in [-0.2, -0.15) is 0 Å². The number of carbonyl (C=O) groups excluding carboxylic acids is 1. The van der Waals surface area contributed by atoms with Crippen molar-refractivity contribution in [2.24, 2.45) is 5.92 Å². The minimum atomic E-state index is -0.476. The third-order valence-corrected chi connectivity index (χ3v) is 3.44. The Morgan fingerprint density at radius 2 is 2.10 bits per heavy atom. The van der Waals surface area contributed by atoms with Gasteiger partial charge in [-0.1, -0.05) is 18.2 Å². The first-order valence-electron chi connectivity index (χ1n) is 6.69. The molecular formula is C16H15FN2O2. The average molecular weight is 286 g/mol. The van der Waals surface area contributed by atoms with Crippen LogP contribution in [0.1, 0.15) is 5.56 Å². The molecule has 4 nitrogen and oxygen atoms in total. The maximum absolute atomic E-state index is 13.3. The van der Waals surface area contributed by atoms with Crippen LogP contribution in [0.15, 0.2) is 42.5 Å². The monoisotopic (exact) mass is 286 g/mol. The highest BCUT2D eigenvalue weighted by Crippen LogP contribution is 2.27. The highest BCUT2D eigenvalue weighted by molar-refractivity contribution is 5.93. The van der Waals surface area contributed by atoms with Crippen LogP contribution in [0.5, 0.6) is 5.75 Å².